The monoisotopic (exact) mass is 391 g/mol. The zero-order valence-corrected chi connectivity index (χ0v) is 14.7. The van der Waals surface area contributed by atoms with Gasteiger partial charge in [-0.25, -0.2) is 4.68 Å². The Morgan fingerprint density at radius 2 is 1.92 bits per heavy atom. The highest BCUT2D eigenvalue weighted by molar-refractivity contribution is 9.10. The molecule has 5 nitrogen and oxygen atoms in total. The number of hydrogen-bond donors (Lipinski definition) is 2. The summed E-state index contributed by atoms with van der Waals surface area (Å²) in [6.07, 6.45) is 0. The summed E-state index contributed by atoms with van der Waals surface area (Å²) < 4.78 is 2.76. The summed E-state index contributed by atoms with van der Waals surface area (Å²) in [6, 6.07) is 21.6. The molecule has 4 rings (SSSR count). The fraction of sp³-hybridized carbons (Fsp3) is 0.0526. The highest BCUT2D eigenvalue weighted by Gasteiger charge is 2.30. The minimum Gasteiger partial charge on any atom is -0.384 e. The predicted molar refractivity (Wildman–Crippen MR) is 100 cm³/mol. The van der Waals surface area contributed by atoms with Gasteiger partial charge in [-0.1, -0.05) is 58.4 Å². The number of nitrogens with zero attached hydrogens (tertiary/aromatic N) is 3. The molecule has 1 aromatic heterocycles. The van der Waals surface area contributed by atoms with Crippen LogP contribution < -0.4 is 11.1 Å². The van der Waals surface area contributed by atoms with Crippen LogP contribution in [0, 0.1) is 11.3 Å². The van der Waals surface area contributed by atoms with Crippen LogP contribution in [0.25, 0.3) is 11.3 Å². The van der Waals surface area contributed by atoms with Gasteiger partial charge in [0.15, 0.2) is 0 Å². The Labute approximate surface area is 153 Å². The molecular weight excluding hydrogens is 378 g/mol. The van der Waals surface area contributed by atoms with E-state index in [0.717, 1.165) is 27.1 Å². The van der Waals surface area contributed by atoms with Crippen LogP contribution in [0.4, 0.5) is 5.82 Å². The van der Waals surface area contributed by atoms with Gasteiger partial charge in [-0.3, -0.25) is 0 Å². The lowest BCUT2D eigenvalue weighted by Crippen LogP contribution is -2.28. The zero-order chi connectivity index (χ0) is 17.4. The maximum absolute atomic E-state index is 9.63. The molecule has 0 saturated heterocycles. The summed E-state index contributed by atoms with van der Waals surface area (Å²) in [7, 11) is 0. The van der Waals surface area contributed by atoms with E-state index in [4.69, 9.17) is 10.8 Å². The second-order valence-electron chi connectivity index (χ2n) is 5.75. The summed E-state index contributed by atoms with van der Waals surface area (Å²) in [5, 5.41) is 17.5. The van der Waals surface area contributed by atoms with Crippen molar-refractivity contribution in [1.82, 2.24) is 9.78 Å². The molecule has 25 heavy (non-hydrogen) atoms. The van der Waals surface area contributed by atoms with Gasteiger partial charge < -0.3 is 11.1 Å². The van der Waals surface area contributed by atoms with Gasteiger partial charge in [0.05, 0.1) is 11.3 Å². The van der Waals surface area contributed by atoms with Gasteiger partial charge in [-0.15, -0.1) is 0 Å². The number of nitrogens with two attached hydrogens (primary N) is 1. The Morgan fingerprint density at radius 3 is 2.64 bits per heavy atom. The van der Waals surface area contributed by atoms with Crippen molar-refractivity contribution < 1.29 is 0 Å². The normalized spacial score (nSPS) is 16.1. The van der Waals surface area contributed by atoms with Gasteiger partial charge in [0.25, 0.3) is 0 Å². The van der Waals surface area contributed by atoms with E-state index in [1.807, 2.05) is 65.3 Å². The molecule has 0 bridgehead atoms. The third kappa shape index (κ3) is 2.69. The van der Waals surface area contributed by atoms with E-state index in [9.17, 15) is 5.26 Å². The third-order valence-electron chi connectivity index (χ3n) is 4.16. The molecule has 1 atom stereocenters. The predicted octanol–water partition coefficient (Wildman–Crippen LogP) is 4.02. The van der Waals surface area contributed by atoms with E-state index in [2.05, 4.69) is 27.3 Å². The Hall–Kier alpha value is -3.04. The molecule has 1 aliphatic rings. The molecule has 0 fully saturated rings. The summed E-state index contributed by atoms with van der Waals surface area (Å²) in [5.41, 5.74) is 9.35. The molecule has 0 saturated carbocycles. The van der Waals surface area contributed by atoms with Crippen LogP contribution in [0.1, 0.15) is 11.6 Å². The lowest BCUT2D eigenvalue weighted by molar-refractivity contribution is 0.588. The van der Waals surface area contributed by atoms with E-state index in [1.165, 1.54) is 0 Å². The van der Waals surface area contributed by atoms with Crippen molar-refractivity contribution >= 4 is 21.7 Å². The lowest BCUT2D eigenvalue weighted by Gasteiger charge is -2.26. The number of halogens is 1. The molecule has 0 amide bonds. The summed E-state index contributed by atoms with van der Waals surface area (Å²) in [6.45, 7) is 0. The molecule has 3 N–H and O–H groups in total. The van der Waals surface area contributed by atoms with Crippen molar-refractivity contribution in [3.63, 3.8) is 0 Å². The van der Waals surface area contributed by atoms with Crippen molar-refractivity contribution in [1.29, 1.82) is 5.26 Å². The second-order valence-corrected chi connectivity index (χ2v) is 6.66. The van der Waals surface area contributed by atoms with Crippen molar-refractivity contribution in [2.24, 2.45) is 5.73 Å². The Bertz CT molecular complexity index is 1010. The Morgan fingerprint density at radius 1 is 1.12 bits per heavy atom. The number of benzene rings is 2. The largest absolute Gasteiger partial charge is 0.384 e. The van der Waals surface area contributed by atoms with Gasteiger partial charge >= 0.3 is 0 Å². The van der Waals surface area contributed by atoms with Crippen molar-refractivity contribution in [3.05, 3.63) is 82.1 Å². The maximum atomic E-state index is 9.63. The van der Waals surface area contributed by atoms with Crippen LogP contribution in [0.15, 0.2) is 76.5 Å². The smallest absolute Gasteiger partial charge is 0.131 e. The van der Waals surface area contributed by atoms with Crippen molar-refractivity contribution in [2.45, 2.75) is 6.04 Å². The van der Waals surface area contributed by atoms with E-state index < -0.39 is 0 Å². The fourth-order valence-electron chi connectivity index (χ4n) is 3.02. The molecule has 3 aromatic rings. The quantitative estimate of drug-likeness (QED) is 0.691. The van der Waals surface area contributed by atoms with E-state index in [0.29, 0.717) is 11.4 Å². The number of hydrogen-bond acceptors (Lipinski definition) is 4. The van der Waals surface area contributed by atoms with Crippen LogP contribution in [-0.2, 0) is 0 Å². The van der Waals surface area contributed by atoms with Crippen LogP contribution in [-0.4, -0.2) is 9.78 Å². The van der Waals surface area contributed by atoms with E-state index >= 15 is 0 Å². The molecule has 1 aliphatic heterocycles. The SMILES string of the molecule is N#CC1=C(N)Nc2cc(-c3ccccc3)nn2C1c1cccc(Br)c1. The fourth-order valence-corrected chi connectivity index (χ4v) is 3.43. The van der Waals surface area contributed by atoms with Gasteiger partial charge in [0, 0.05) is 16.1 Å². The lowest BCUT2D eigenvalue weighted by atomic mass is 9.98. The number of nitrogens with one attached hydrogen (secondary N) is 1. The average molecular weight is 392 g/mol. The topological polar surface area (TPSA) is 79.7 Å². The standard InChI is InChI=1S/C19H14BrN5/c20-14-8-4-7-13(9-14)18-15(11-21)19(22)23-17-10-16(24-25(17)18)12-5-2-1-3-6-12/h1-10,18,23H,22H2. The summed E-state index contributed by atoms with van der Waals surface area (Å²) in [5.74, 6) is 1.12. The maximum Gasteiger partial charge on any atom is 0.131 e. The van der Waals surface area contributed by atoms with E-state index in [-0.39, 0.29) is 6.04 Å². The highest BCUT2D eigenvalue weighted by Crippen LogP contribution is 2.36. The van der Waals surface area contributed by atoms with Crippen LogP contribution >= 0.6 is 15.9 Å². The number of fused-ring (bicyclic) bond motifs is 1. The van der Waals surface area contributed by atoms with Crippen molar-refractivity contribution in [2.75, 3.05) is 5.32 Å². The molecule has 0 spiro atoms. The highest BCUT2D eigenvalue weighted by atomic mass is 79.9. The molecule has 6 heteroatoms. The molecule has 2 aromatic carbocycles. The first kappa shape index (κ1) is 15.5. The van der Waals surface area contributed by atoms with Crippen molar-refractivity contribution in [3.8, 4) is 17.3 Å². The molecular formula is C19H14BrN5. The van der Waals surface area contributed by atoms with Gasteiger partial charge in [-0.05, 0) is 17.7 Å². The molecule has 0 aliphatic carbocycles. The first-order chi connectivity index (χ1) is 12.2. The second kappa shape index (κ2) is 6.11. The molecule has 0 radical (unpaired) electrons. The number of rotatable bonds is 2. The molecule has 1 unspecified atom stereocenters. The zero-order valence-electron chi connectivity index (χ0n) is 13.1. The minimum atomic E-state index is -0.365. The number of nitriles is 1. The third-order valence-corrected chi connectivity index (χ3v) is 4.65. The van der Waals surface area contributed by atoms with Crippen LogP contribution in [0.3, 0.4) is 0 Å². The molecule has 2 heterocycles. The first-order valence-electron chi connectivity index (χ1n) is 7.74. The van der Waals surface area contributed by atoms with Crippen LogP contribution in [0.5, 0.6) is 0 Å². The van der Waals surface area contributed by atoms with Gasteiger partial charge in [0.2, 0.25) is 0 Å². The number of aromatic nitrogens is 2. The number of allylic oxidation sites excluding steroid dienone is 1. The van der Waals surface area contributed by atoms with Crippen LogP contribution in [0.2, 0.25) is 0 Å². The summed E-state index contributed by atoms with van der Waals surface area (Å²) >= 11 is 3.49. The molecule has 122 valence electrons. The first-order valence-corrected chi connectivity index (χ1v) is 8.54. The van der Waals surface area contributed by atoms with Gasteiger partial charge in [-0.2, -0.15) is 10.4 Å². The minimum absolute atomic E-state index is 0.361. The van der Waals surface area contributed by atoms with E-state index in [1.54, 1.807) is 0 Å². The Balaban J connectivity index is 1.89. The van der Waals surface area contributed by atoms with Gasteiger partial charge in [0.1, 0.15) is 23.7 Å². The summed E-state index contributed by atoms with van der Waals surface area (Å²) in [4.78, 5) is 0. The Kier molecular flexibility index (Phi) is 3.79. The average Bonchev–Trinajstić information content (AvgIpc) is 3.04. The number of anilines is 1.